The second kappa shape index (κ2) is 9.48. The molecule has 4 heteroatoms. The second-order valence-electron chi connectivity index (χ2n) is 4.06. The lowest BCUT2D eigenvalue weighted by Gasteiger charge is -2.08. The molecule has 0 aliphatic heterocycles. The number of aromatic carboxylic acids is 1. The van der Waals surface area contributed by atoms with Crippen molar-refractivity contribution in [2.24, 2.45) is 0 Å². The molecule has 0 heterocycles. The van der Waals surface area contributed by atoms with E-state index >= 15 is 0 Å². The van der Waals surface area contributed by atoms with Crippen LogP contribution in [0.1, 0.15) is 49.4 Å². The Hall–Kier alpha value is -1.55. The van der Waals surface area contributed by atoms with Crippen LogP contribution in [0.2, 0.25) is 0 Å². The monoisotopic (exact) mass is 254 g/mol. The van der Waals surface area contributed by atoms with E-state index in [-0.39, 0.29) is 11.0 Å². The van der Waals surface area contributed by atoms with Crippen molar-refractivity contribution in [2.45, 2.75) is 39.0 Å². The minimum Gasteiger partial charge on any atom is -0.493 e. The van der Waals surface area contributed by atoms with Gasteiger partial charge in [-0.05, 0) is 18.6 Å². The van der Waals surface area contributed by atoms with Gasteiger partial charge in [-0.2, -0.15) is 0 Å². The highest BCUT2D eigenvalue weighted by Crippen LogP contribution is 2.18. The fourth-order valence-corrected chi connectivity index (χ4v) is 1.66. The van der Waals surface area contributed by atoms with E-state index in [1.165, 1.54) is 19.3 Å². The van der Waals surface area contributed by atoms with Crippen LogP contribution in [0.25, 0.3) is 0 Å². The van der Waals surface area contributed by atoms with Gasteiger partial charge < -0.3 is 15.3 Å². The van der Waals surface area contributed by atoms with Crippen molar-refractivity contribution in [3.8, 4) is 5.75 Å². The molecule has 0 spiro atoms. The molecule has 1 rings (SSSR count). The smallest absolute Gasteiger partial charge is 0.339 e. The molecule has 0 atom stereocenters. The number of carbonyl (C=O) groups is 1. The first-order chi connectivity index (χ1) is 8.25. The maximum absolute atomic E-state index is 10.9. The van der Waals surface area contributed by atoms with E-state index in [0.717, 1.165) is 12.8 Å². The highest BCUT2D eigenvalue weighted by Gasteiger charge is 2.09. The third kappa shape index (κ3) is 5.68. The van der Waals surface area contributed by atoms with E-state index in [2.05, 4.69) is 6.92 Å². The maximum Gasteiger partial charge on any atom is 0.339 e. The molecule has 0 aromatic heterocycles. The molecule has 0 fully saturated rings. The summed E-state index contributed by atoms with van der Waals surface area (Å²) in [7, 11) is 0. The lowest BCUT2D eigenvalue weighted by molar-refractivity contribution is 0.0692. The molecule has 0 unspecified atom stereocenters. The zero-order valence-corrected chi connectivity index (χ0v) is 10.8. The first kappa shape index (κ1) is 16.4. The number of hydrogen-bond acceptors (Lipinski definition) is 2. The van der Waals surface area contributed by atoms with Gasteiger partial charge in [-0.15, -0.1) is 0 Å². The van der Waals surface area contributed by atoms with Gasteiger partial charge in [-0.3, -0.25) is 0 Å². The number of rotatable bonds is 8. The Balaban J connectivity index is 0.00000289. The third-order valence-corrected chi connectivity index (χ3v) is 2.62. The molecule has 1 aromatic carbocycles. The molecule has 4 nitrogen and oxygen atoms in total. The maximum atomic E-state index is 10.9. The van der Waals surface area contributed by atoms with Gasteiger partial charge in [0.05, 0.1) is 6.61 Å². The first-order valence-electron chi connectivity index (χ1n) is 6.20. The first-order valence-corrected chi connectivity index (χ1v) is 6.20. The summed E-state index contributed by atoms with van der Waals surface area (Å²) in [6, 6.07) is 6.76. The Labute approximate surface area is 108 Å². The number of carboxylic acids is 1. The van der Waals surface area contributed by atoms with Crippen LogP contribution < -0.4 is 4.74 Å². The van der Waals surface area contributed by atoms with Crippen LogP contribution in [0.3, 0.4) is 0 Å². The van der Waals surface area contributed by atoms with Crippen LogP contribution in [0.5, 0.6) is 5.75 Å². The quantitative estimate of drug-likeness (QED) is 0.724. The summed E-state index contributed by atoms with van der Waals surface area (Å²) in [5.41, 5.74) is 0.237. The van der Waals surface area contributed by atoms with Gasteiger partial charge in [0.1, 0.15) is 11.3 Å². The van der Waals surface area contributed by atoms with Crippen LogP contribution in [0, 0.1) is 0 Å². The molecule has 0 saturated carbocycles. The van der Waals surface area contributed by atoms with Crippen LogP contribution in [-0.2, 0) is 0 Å². The van der Waals surface area contributed by atoms with Gasteiger partial charge in [-0.25, -0.2) is 4.79 Å². The summed E-state index contributed by atoms with van der Waals surface area (Å²) in [6.07, 6.45) is 5.83. The lowest BCUT2D eigenvalue weighted by Crippen LogP contribution is -2.04. The highest BCUT2D eigenvalue weighted by molar-refractivity contribution is 5.90. The normalized spacial score (nSPS) is 9.61. The van der Waals surface area contributed by atoms with Gasteiger partial charge >= 0.3 is 5.97 Å². The molecule has 0 aliphatic rings. The summed E-state index contributed by atoms with van der Waals surface area (Å²) >= 11 is 0. The standard InChI is InChI=1S/C14H20O3.H2O/c1-2-3-4-5-8-11-17-13-10-7-6-9-12(13)14(15)16;/h6-7,9-10H,2-5,8,11H2,1H3,(H,15,16);1H2. The van der Waals surface area contributed by atoms with E-state index < -0.39 is 5.97 Å². The average molecular weight is 254 g/mol. The predicted molar refractivity (Wildman–Crippen MR) is 71.3 cm³/mol. The minimum absolute atomic E-state index is 0. The second-order valence-corrected chi connectivity index (χ2v) is 4.06. The van der Waals surface area contributed by atoms with Crippen LogP contribution in [0.15, 0.2) is 24.3 Å². The molecule has 0 saturated heterocycles. The summed E-state index contributed by atoms with van der Waals surface area (Å²) in [5.74, 6) is -0.470. The third-order valence-electron chi connectivity index (χ3n) is 2.62. The van der Waals surface area contributed by atoms with Gasteiger partial charge in [0.2, 0.25) is 0 Å². The summed E-state index contributed by atoms with van der Waals surface area (Å²) in [4.78, 5) is 10.9. The molecule has 0 aliphatic carbocycles. The zero-order chi connectivity index (χ0) is 12.5. The molecule has 1 aromatic rings. The van der Waals surface area contributed by atoms with Crippen molar-refractivity contribution in [1.82, 2.24) is 0 Å². The molecule has 0 amide bonds. The molecular formula is C14H22O4. The van der Waals surface area contributed by atoms with E-state index in [1.54, 1.807) is 24.3 Å². The average Bonchev–Trinajstić information content (AvgIpc) is 2.34. The topological polar surface area (TPSA) is 78.0 Å². The van der Waals surface area contributed by atoms with Crippen LogP contribution in [0.4, 0.5) is 0 Å². The van der Waals surface area contributed by atoms with Crippen LogP contribution >= 0.6 is 0 Å². The summed E-state index contributed by atoms with van der Waals surface area (Å²) in [5, 5.41) is 8.96. The Morgan fingerprint density at radius 1 is 1.17 bits per heavy atom. The number of ether oxygens (including phenoxy) is 1. The minimum atomic E-state index is -0.938. The van der Waals surface area contributed by atoms with Crippen molar-refractivity contribution in [2.75, 3.05) is 6.61 Å². The van der Waals surface area contributed by atoms with Crippen molar-refractivity contribution in [1.29, 1.82) is 0 Å². The Morgan fingerprint density at radius 3 is 2.50 bits per heavy atom. The number of hydrogen-bond donors (Lipinski definition) is 1. The van der Waals surface area contributed by atoms with Gasteiger partial charge in [0.15, 0.2) is 0 Å². The van der Waals surface area contributed by atoms with Crippen LogP contribution in [-0.4, -0.2) is 23.2 Å². The summed E-state index contributed by atoms with van der Waals surface area (Å²) < 4.78 is 5.50. The number of para-hydroxylation sites is 1. The molecule has 0 bridgehead atoms. The largest absolute Gasteiger partial charge is 0.493 e. The van der Waals surface area contributed by atoms with E-state index in [1.807, 2.05) is 0 Å². The molecule has 3 N–H and O–H groups in total. The van der Waals surface area contributed by atoms with Gasteiger partial charge in [-0.1, -0.05) is 44.7 Å². The summed E-state index contributed by atoms with van der Waals surface area (Å²) in [6.45, 7) is 2.77. The van der Waals surface area contributed by atoms with Crippen molar-refractivity contribution >= 4 is 5.97 Å². The Bertz CT molecular complexity index is 349. The fourth-order valence-electron chi connectivity index (χ4n) is 1.66. The van der Waals surface area contributed by atoms with Crippen molar-refractivity contribution in [3.63, 3.8) is 0 Å². The predicted octanol–water partition coefficient (Wildman–Crippen LogP) is 2.91. The molecule has 0 radical (unpaired) electrons. The zero-order valence-electron chi connectivity index (χ0n) is 10.8. The van der Waals surface area contributed by atoms with E-state index in [9.17, 15) is 4.79 Å². The molecular weight excluding hydrogens is 232 g/mol. The van der Waals surface area contributed by atoms with E-state index in [4.69, 9.17) is 9.84 Å². The molecule has 102 valence electrons. The SMILES string of the molecule is CCCCCCCOc1ccccc1C(=O)O.O. The number of carboxylic acid groups (broad SMARTS) is 1. The van der Waals surface area contributed by atoms with Crippen molar-refractivity contribution < 1.29 is 20.1 Å². The fraction of sp³-hybridized carbons (Fsp3) is 0.500. The highest BCUT2D eigenvalue weighted by atomic mass is 16.5. The van der Waals surface area contributed by atoms with Crippen molar-refractivity contribution in [3.05, 3.63) is 29.8 Å². The van der Waals surface area contributed by atoms with Gasteiger partial charge in [0.25, 0.3) is 0 Å². The number of unbranched alkanes of at least 4 members (excludes halogenated alkanes) is 4. The molecule has 18 heavy (non-hydrogen) atoms. The number of benzene rings is 1. The Morgan fingerprint density at radius 2 is 1.83 bits per heavy atom. The van der Waals surface area contributed by atoms with Gasteiger partial charge in [0, 0.05) is 0 Å². The Kier molecular flexibility index (Phi) is 8.66. The lowest BCUT2D eigenvalue weighted by atomic mass is 10.1. The van der Waals surface area contributed by atoms with E-state index in [0.29, 0.717) is 12.4 Å².